The Labute approximate surface area is 117 Å². The maximum absolute atomic E-state index is 12.1. The van der Waals surface area contributed by atoms with Crippen LogP contribution in [0.2, 0.25) is 0 Å². The van der Waals surface area contributed by atoms with Crippen molar-refractivity contribution in [3.05, 3.63) is 0 Å². The van der Waals surface area contributed by atoms with E-state index >= 15 is 0 Å². The molecule has 0 aromatic carbocycles. The van der Waals surface area contributed by atoms with Gasteiger partial charge in [-0.15, -0.1) is 0 Å². The van der Waals surface area contributed by atoms with Gasteiger partial charge in [0.05, 0.1) is 6.54 Å². The summed E-state index contributed by atoms with van der Waals surface area (Å²) in [7, 11) is 0. The third-order valence-electron chi connectivity index (χ3n) is 6.75. The van der Waals surface area contributed by atoms with Crippen LogP contribution in [0.1, 0.15) is 52.9 Å². The van der Waals surface area contributed by atoms with E-state index in [1.54, 1.807) is 0 Å². The van der Waals surface area contributed by atoms with Crippen molar-refractivity contribution in [3.63, 3.8) is 0 Å². The molecule has 3 rings (SSSR count). The second-order valence-electron chi connectivity index (χ2n) is 7.63. The van der Waals surface area contributed by atoms with Crippen LogP contribution >= 0.6 is 0 Å². The Bertz CT molecular complexity index is 373. The van der Waals surface area contributed by atoms with E-state index in [-0.39, 0.29) is 0 Å². The minimum absolute atomic E-state index is 0.307. The third kappa shape index (κ3) is 1.93. The standard InChI is InChI=1S/C16H28N2O/c1-15(2)12-6-7-16(15,3)13(10-12)17-11-14(19)18-8-4-5-9-18/h12-13,17H,4-11H2,1-3H3. The van der Waals surface area contributed by atoms with Crippen LogP contribution in [0.15, 0.2) is 0 Å². The number of amides is 1. The van der Waals surface area contributed by atoms with Crippen molar-refractivity contribution in [1.82, 2.24) is 10.2 Å². The number of nitrogens with one attached hydrogen (secondary N) is 1. The molecule has 1 heterocycles. The van der Waals surface area contributed by atoms with Gasteiger partial charge in [-0.3, -0.25) is 4.79 Å². The van der Waals surface area contributed by atoms with E-state index in [0.29, 0.717) is 29.3 Å². The summed E-state index contributed by atoms with van der Waals surface area (Å²) >= 11 is 0. The van der Waals surface area contributed by atoms with Gasteiger partial charge in [0.1, 0.15) is 0 Å². The Morgan fingerprint density at radius 1 is 1.26 bits per heavy atom. The average Bonchev–Trinajstić information content (AvgIpc) is 3.01. The number of hydrogen-bond acceptors (Lipinski definition) is 2. The largest absolute Gasteiger partial charge is 0.342 e. The van der Waals surface area contributed by atoms with Gasteiger partial charge in [-0.2, -0.15) is 0 Å². The van der Waals surface area contributed by atoms with Crippen LogP contribution in [-0.4, -0.2) is 36.5 Å². The molecule has 1 aliphatic heterocycles. The summed E-state index contributed by atoms with van der Waals surface area (Å²) in [6.07, 6.45) is 6.32. The van der Waals surface area contributed by atoms with E-state index in [0.717, 1.165) is 19.0 Å². The van der Waals surface area contributed by atoms with Crippen molar-refractivity contribution >= 4 is 5.91 Å². The molecule has 2 bridgehead atoms. The van der Waals surface area contributed by atoms with Crippen LogP contribution in [0.4, 0.5) is 0 Å². The molecule has 3 unspecified atom stereocenters. The number of carbonyl (C=O) groups excluding carboxylic acids is 1. The summed E-state index contributed by atoms with van der Waals surface area (Å²) < 4.78 is 0. The maximum Gasteiger partial charge on any atom is 0.236 e. The third-order valence-corrected chi connectivity index (χ3v) is 6.75. The topological polar surface area (TPSA) is 32.3 Å². The molecular formula is C16H28N2O. The van der Waals surface area contributed by atoms with Crippen LogP contribution in [-0.2, 0) is 4.79 Å². The lowest BCUT2D eigenvalue weighted by molar-refractivity contribution is -0.129. The van der Waals surface area contributed by atoms with Gasteiger partial charge in [0.25, 0.3) is 0 Å². The zero-order chi connectivity index (χ0) is 13.7. The van der Waals surface area contributed by atoms with E-state index in [9.17, 15) is 4.79 Å². The van der Waals surface area contributed by atoms with Gasteiger partial charge in [-0.25, -0.2) is 0 Å². The number of likely N-dealkylation sites (tertiary alicyclic amines) is 1. The lowest BCUT2D eigenvalue weighted by atomic mass is 9.69. The molecule has 3 nitrogen and oxygen atoms in total. The highest BCUT2D eigenvalue weighted by Gasteiger charge is 2.61. The van der Waals surface area contributed by atoms with Gasteiger partial charge in [0, 0.05) is 19.1 Å². The fraction of sp³-hybridized carbons (Fsp3) is 0.938. The van der Waals surface area contributed by atoms with E-state index in [4.69, 9.17) is 0 Å². The molecule has 19 heavy (non-hydrogen) atoms. The first-order valence-electron chi connectivity index (χ1n) is 7.96. The van der Waals surface area contributed by atoms with Crippen molar-refractivity contribution in [1.29, 1.82) is 0 Å². The quantitative estimate of drug-likeness (QED) is 0.849. The molecule has 1 amide bonds. The van der Waals surface area contributed by atoms with Crippen LogP contribution < -0.4 is 5.32 Å². The molecule has 1 N–H and O–H groups in total. The highest BCUT2D eigenvalue weighted by Crippen LogP contribution is 2.65. The normalized spacial score (nSPS) is 40.1. The second kappa shape index (κ2) is 4.47. The lowest BCUT2D eigenvalue weighted by Gasteiger charge is -2.39. The summed E-state index contributed by atoms with van der Waals surface area (Å²) in [4.78, 5) is 14.2. The highest BCUT2D eigenvalue weighted by atomic mass is 16.2. The van der Waals surface area contributed by atoms with Gasteiger partial charge < -0.3 is 10.2 Å². The molecule has 3 fully saturated rings. The SMILES string of the molecule is CC1(C)C2CCC1(C)C(NCC(=O)N1CCCC1)C2. The van der Waals surface area contributed by atoms with Crippen LogP contribution in [0.25, 0.3) is 0 Å². The molecule has 3 aliphatic rings. The van der Waals surface area contributed by atoms with Crippen molar-refractivity contribution in [3.8, 4) is 0 Å². The molecule has 0 aromatic rings. The number of fused-ring (bicyclic) bond motifs is 2. The fourth-order valence-electron chi connectivity index (χ4n) is 4.80. The monoisotopic (exact) mass is 264 g/mol. The molecule has 2 saturated carbocycles. The molecule has 2 aliphatic carbocycles. The number of nitrogens with zero attached hydrogens (tertiary/aromatic N) is 1. The van der Waals surface area contributed by atoms with E-state index in [1.807, 2.05) is 4.90 Å². The van der Waals surface area contributed by atoms with Crippen molar-refractivity contribution in [2.24, 2.45) is 16.7 Å². The Balaban J connectivity index is 1.58. The predicted molar refractivity (Wildman–Crippen MR) is 76.8 cm³/mol. The number of hydrogen-bond donors (Lipinski definition) is 1. The molecule has 3 heteroatoms. The fourth-order valence-corrected chi connectivity index (χ4v) is 4.80. The molecule has 3 atom stereocenters. The van der Waals surface area contributed by atoms with Gasteiger partial charge in [-0.1, -0.05) is 20.8 Å². The van der Waals surface area contributed by atoms with E-state index in [1.165, 1.54) is 32.1 Å². The average molecular weight is 264 g/mol. The summed E-state index contributed by atoms with van der Waals surface area (Å²) in [5, 5.41) is 3.59. The summed E-state index contributed by atoms with van der Waals surface area (Å²) in [6, 6.07) is 0.535. The molecule has 108 valence electrons. The lowest BCUT2D eigenvalue weighted by Crippen LogP contribution is -2.48. The van der Waals surface area contributed by atoms with Crippen LogP contribution in [0.5, 0.6) is 0 Å². The van der Waals surface area contributed by atoms with Crippen LogP contribution in [0.3, 0.4) is 0 Å². The molecule has 1 saturated heterocycles. The van der Waals surface area contributed by atoms with Gasteiger partial charge in [0.2, 0.25) is 5.91 Å². The number of carbonyl (C=O) groups is 1. The predicted octanol–water partition coefficient (Wildman–Crippen LogP) is 2.41. The van der Waals surface area contributed by atoms with Gasteiger partial charge in [-0.05, 0) is 48.9 Å². The van der Waals surface area contributed by atoms with Crippen LogP contribution in [0, 0.1) is 16.7 Å². The van der Waals surface area contributed by atoms with E-state index < -0.39 is 0 Å². The van der Waals surface area contributed by atoms with E-state index in [2.05, 4.69) is 26.1 Å². The van der Waals surface area contributed by atoms with Gasteiger partial charge >= 0.3 is 0 Å². The Morgan fingerprint density at radius 3 is 2.47 bits per heavy atom. The molecule has 0 aromatic heterocycles. The Morgan fingerprint density at radius 2 is 1.95 bits per heavy atom. The summed E-state index contributed by atoms with van der Waals surface area (Å²) in [5.74, 6) is 1.15. The summed E-state index contributed by atoms with van der Waals surface area (Å²) in [5.41, 5.74) is 0.810. The molecule has 0 radical (unpaired) electrons. The molecule has 0 spiro atoms. The Kier molecular flexibility index (Phi) is 3.16. The van der Waals surface area contributed by atoms with Gasteiger partial charge in [0.15, 0.2) is 0 Å². The van der Waals surface area contributed by atoms with Crippen molar-refractivity contribution in [2.45, 2.75) is 58.9 Å². The maximum atomic E-state index is 12.1. The first-order chi connectivity index (χ1) is 8.95. The van der Waals surface area contributed by atoms with Crippen molar-refractivity contribution < 1.29 is 4.79 Å². The minimum Gasteiger partial charge on any atom is -0.342 e. The molecular weight excluding hydrogens is 236 g/mol. The Hall–Kier alpha value is -0.570. The summed E-state index contributed by atoms with van der Waals surface area (Å²) in [6.45, 7) is 9.76. The highest BCUT2D eigenvalue weighted by molar-refractivity contribution is 5.78. The van der Waals surface area contributed by atoms with Crippen molar-refractivity contribution in [2.75, 3.05) is 19.6 Å². The second-order valence-corrected chi connectivity index (χ2v) is 7.63. The first kappa shape index (κ1) is 13.4. The number of rotatable bonds is 3. The zero-order valence-corrected chi connectivity index (χ0v) is 12.7. The smallest absolute Gasteiger partial charge is 0.236 e. The zero-order valence-electron chi connectivity index (χ0n) is 12.7. The first-order valence-corrected chi connectivity index (χ1v) is 7.96. The minimum atomic E-state index is 0.307.